The maximum Gasteiger partial charge on any atom is 0.168 e. The number of aromatic nitrogens is 3. The van der Waals surface area contributed by atoms with Gasteiger partial charge in [0.05, 0.1) is 27.8 Å². The molecule has 0 bridgehead atoms. The highest BCUT2D eigenvalue weighted by molar-refractivity contribution is 14.1. The third-order valence-corrected chi connectivity index (χ3v) is 3.36. The SMILES string of the molecule is CC(Oc1cnc2c(I)cnn2c1)C(C)(C)O. The fourth-order valence-corrected chi connectivity index (χ4v) is 1.75. The second kappa shape index (κ2) is 4.41. The topological polar surface area (TPSA) is 59.7 Å². The first-order valence-corrected chi connectivity index (χ1v) is 6.34. The average Bonchev–Trinajstić information content (AvgIpc) is 2.59. The molecule has 0 fully saturated rings. The van der Waals surface area contributed by atoms with Gasteiger partial charge in [0, 0.05) is 0 Å². The van der Waals surface area contributed by atoms with Crippen molar-refractivity contribution in [3.8, 4) is 5.75 Å². The van der Waals surface area contributed by atoms with Gasteiger partial charge in [0.25, 0.3) is 0 Å². The first kappa shape index (κ1) is 12.6. The van der Waals surface area contributed by atoms with Gasteiger partial charge < -0.3 is 9.84 Å². The van der Waals surface area contributed by atoms with Crippen LogP contribution in [0, 0.1) is 3.57 Å². The molecule has 5 nitrogen and oxygen atoms in total. The van der Waals surface area contributed by atoms with Crippen molar-refractivity contribution in [2.45, 2.75) is 32.5 Å². The maximum atomic E-state index is 9.80. The number of rotatable bonds is 3. The van der Waals surface area contributed by atoms with Gasteiger partial charge in [-0.2, -0.15) is 5.10 Å². The molecule has 1 N–H and O–H groups in total. The van der Waals surface area contributed by atoms with Crippen LogP contribution in [0.15, 0.2) is 18.6 Å². The Balaban J connectivity index is 2.25. The highest BCUT2D eigenvalue weighted by Crippen LogP contribution is 2.19. The second-order valence-corrected chi connectivity index (χ2v) is 5.63. The Morgan fingerprint density at radius 3 is 2.82 bits per heavy atom. The lowest BCUT2D eigenvalue weighted by Gasteiger charge is -2.26. The van der Waals surface area contributed by atoms with Crippen LogP contribution in [0.3, 0.4) is 0 Å². The van der Waals surface area contributed by atoms with Gasteiger partial charge in [-0.1, -0.05) is 0 Å². The first-order chi connectivity index (χ1) is 7.88. The molecule has 6 heteroatoms. The molecular weight excluding hydrogens is 333 g/mol. The molecule has 0 aromatic carbocycles. The van der Waals surface area contributed by atoms with Crippen LogP contribution in [0.5, 0.6) is 5.75 Å². The standard InChI is InChI=1S/C11H14IN3O2/c1-7(11(2,3)16)17-8-4-13-10-9(12)5-14-15(10)6-8/h4-7,16H,1-3H3. The molecule has 92 valence electrons. The molecule has 1 atom stereocenters. The van der Waals surface area contributed by atoms with E-state index in [0.29, 0.717) is 5.75 Å². The van der Waals surface area contributed by atoms with E-state index in [1.54, 1.807) is 37.0 Å². The zero-order chi connectivity index (χ0) is 12.6. The average molecular weight is 347 g/mol. The lowest BCUT2D eigenvalue weighted by atomic mass is 10.0. The lowest BCUT2D eigenvalue weighted by molar-refractivity contribution is -0.0244. The van der Waals surface area contributed by atoms with Crippen LogP contribution in [-0.4, -0.2) is 31.4 Å². The number of nitrogens with zero attached hydrogens (tertiary/aromatic N) is 3. The van der Waals surface area contributed by atoms with E-state index >= 15 is 0 Å². The van der Waals surface area contributed by atoms with Crippen LogP contribution < -0.4 is 4.74 Å². The van der Waals surface area contributed by atoms with E-state index in [-0.39, 0.29) is 6.10 Å². The second-order valence-electron chi connectivity index (χ2n) is 4.46. The molecule has 0 aliphatic carbocycles. The van der Waals surface area contributed by atoms with E-state index in [1.165, 1.54) is 0 Å². The van der Waals surface area contributed by atoms with Crippen LogP contribution in [0.25, 0.3) is 5.65 Å². The molecule has 0 amide bonds. The molecule has 1 unspecified atom stereocenters. The van der Waals surface area contributed by atoms with Crippen molar-refractivity contribution in [1.29, 1.82) is 0 Å². The molecule has 0 radical (unpaired) electrons. The molecule has 0 aliphatic rings. The number of ether oxygens (including phenoxy) is 1. The summed E-state index contributed by atoms with van der Waals surface area (Å²) in [4.78, 5) is 4.26. The van der Waals surface area contributed by atoms with Crippen LogP contribution in [-0.2, 0) is 0 Å². The van der Waals surface area contributed by atoms with E-state index in [2.05, 4.69) is 32.7 Å². The highest BCUT2D eigenvalue weighted by Gasteiger charge is 2.24. The number of hydrogen-bond donors (Lipinski definition) is 1. The predicted octanol–water partition coefficient (Wildman–Crippen LogP) is 1.87. The molecule has 0 saturated heterocycles. The van der Waals surface area contributed by atoms with Gasteiger partial charge >= 0.3 is 0 Å². The third kappa shape index (κ3) is 2.68. The fourth-order valence-electron chi connectivity index (χ4n) is 1.24. The fraction of sp³-hybridized carbons (Fsp3) is 0.455. The largest absolute Gasteiger partial charge is 0.484 e. The summed E-state index contributed by atoms with van der Waals surface area (Å²) < 4.78 is 8.27. The Hall–Kier alpha value is -0.890. The zero-order valence-corrected chi connectivity index (χ0v) is 12.0. The maximum absolute atomic E-state index is 9.80. The summed E-state index contributed by atoms with van der Waals surface area (Å²) in [6.45, 7) is 5.23. The smallest absolute Gasteiger partial charge is 0.168 e. The van der Waals surface area contributed by atoms with Crippen molar-refractivity contribution in [2.24, 2.45) is 0 Å². The number of aliphatic hydroxyl groups is 1. The van der Waals surface area contributed by atoms with Crippen molar-refractivity contribution in [2.75, 3.05) is 0 Å². The summed E-state index contributed by atoms with van der Waals surface area (Å²) >= 11 is 2.18. The van der Waals surface area contributed by atoms with Gasteiger partial charge in [0.1, 0.15) is 6.10 Å². The van der Waals surface area contributed by atoms with Crippen molar-refractivity contribution < 1.29 is 9.84 Å². The molecule has 0 spiro atoms. The van der Waals surface area contributed by atoms with Crippen molar-refractivity contribution in [3.05, 3.63) is 22.2 Å². The van der Waals surface area contributed by atoms with Gasteiger partial charge in [0.2, 0.25) is 0 Å². The van der Waals surface area contributed by atoms with Gasteiger partial charge in [0.15, 0.2) is 11.4 Å². The zero-order valence-electron chi connectivity index (χ0n) is 9.88. The molecule has 2 aromatic rings. The quantitative estimate of drug-likeness (QED) is 0.862. The molecule has 0 aliphatic heterocycles. The minimum absolute atomic E-state index is 0.323. The minimum Gasteiger partial charge on any atom is -0.484 e. The van der Waals surface area contributed by atoms with Gasteiger partial charge in [-0.25, -0.2) is 9.50 Å². The molecule has 0 saturated carbocycles. The van der Waals surface area contributed by atoms with Crippen LogP contribution in [0.1, 0.15) is 20.8 Å². The third-order valence-electron chi connectivity index (χ3n) is 2.60. The van der Waals surface area contributed by atoms with Crippen LogP contribution in [0.2, 0.25) is 0 Å². The predicted molar refractivity (Wildman–Crippen MR) is 72.1 cm³/mol. The first-order valence-electron chi connectivity index (χ1n) is 5.26. The normalized spacial score (nSPS) is 13.9. The summed E-state index contributed by atoms with van der Waals surface area (Å²) in [5, 5.41) is 13.9. The monoisotopic (exact) mass is 347 g/mol. The number of fused-ring (bicyclic) bond motifs is 1. The van der Waals surface area contributed by atoms with Gasteiger partial charge in [-0.05, 0) is 43.4 Å². The minimum atomic E-state index is -0.895. The summed E-state index contributed by atoms with van der Waals surface area (Å²) in [5.74, 6) is 0.589. The molecule has 2 heterocycles. The van der Waals surface area contributed by atoms with Crippen molar-refractivity contribution in [1.82, 2.24) is 14.6 Å². The summed E-state index contributed by atoms with van der Waals surface area (Å²) in [6.07, 6.45) is 4.82. The van der Waals surface area contributed by atoms with E-state index in [1.807, 2.05) is 6.92 Å². The van der Waals surface area contributed by atoms with E-state index < -0.39 is 5.60 Å². The number of hydrogen-bond acceptors (Lipinski definition) is 4. The Morgan fingerprint density at radius 2 is 2.18 bits per heavy atom. The molecule has 2 aromatic heterocycles. The van der Waals surface area contributed by atoms with Crippen LogP contribution >= 0.6 is 22.6 Å². The Bertz CT molecular complexity index is 533. The van der Waals surface area contributed by atoms with Gasteiger partial charge in [-0.3, -0.25) is 0 Å². The molecular formula is C11H14IN3O2. The summed E-state index contributed by atoms with van der Waals surface area (Å²) in [5.41, 5.74) is -0.0955. The van der Waals surface area contributed by atoms with E-state index in [9.17, 15) is 5.11 Å². The highest BCUT2D eigenvalue weighted by atomic mass is 127. The summed E-state index contributed by atoms with van der Waals surface area (Å²) in [6, 6.07) is 0. The van der Waals surface area contributed by atoms with Crippen LogP contribution in [0.4, 0.5) is 0 Å². The molecule has 2 rings (SSSR count). The Morgan fingerprint density at radius 1 is 1.47 bits per heavy atom. The molecule has 17 heavy (non-hydrogen) atoms. The van der Waals surface area contributed by atoms with Gasteiger partial charge in [-0.15, -0.1) is 0 Å². The van der Waals surface area contributed by atoms with E-state index in [4.69, 9.17) is 4.74 Å². The van der Waals surface area contributed by atoms with Crippen molar-refractivity contribution in [3.63, 3.8) is 0 Å². The number of halogens is 1. The summed E-state index contributed by atoms with van der Waals surface area (Å²) in [7, 11) is 0. The lowest BCUT2D eigenvalue weighted by Crippen LogP contribution is -2.37. The van der Waals surface area contributed by atoms with E-state index in [0.717, 1.165) is 9.22 Å². The van der Waals surface area contributed by atoms with Crippen molar-refractivity contribution >= 4 is 28.2 Å². The Labute approximate surface area is 113 Å². The Kier molecular flexibility index (Phi) is 3.26.